The fourth-order valence-corrected chi connectivity index (χ4v) is 4.86. The third-order valence-corrected chi connectivity index (χ3v) is 8.92. The zero-order chi connectivity index (χ0) is 28.7. The maximum atomic E-state index is 12.3. The number of rotatable bonds is 9. The van der Waals surface area contributed by atoms with Crippen molar-refractivity contribution < 1.29 is 16.8 Å². The van der Waals surface area contributed by atoms with E-state index in [1.807, 2.05) is 0 Å². The van der Waals surface area contributed by atoms with E-state index in [9.17, 15) is 16.8 Å². The Morgan fingerprint density at radius 2 is 1.03 bits per heavy atom. The Morgan fingerprint density at radius 1 is 0.684 bits per heavy atom. The minimum absolute atomic E-state index is 0.125. The maximum Gasteiger partial charge on any atom is 0.242 e. The second-order valence-electron chi connectivity index (χ2n) is 8.16. The smallest absolute Gasteiger partial charge is 0.242 e. The first kappa shape index (κ1) is 31.2. The van der Waals surface area contributed by atoms with E-state index in [2.05, 4.69) is 31.7 Å². The van der Waals surface area contributed by atoms with Gasteiger partial charge in [-0.25, -0.2) is 25.4 Å². The lowest BCUT2D eigenvalue weighted by Gasteiger charge is -2.13. The second kappa shape index (κ2) is 13.2. The van der Waals surface area contributed by atoms with Crippen LogP contribution in [0.25, 0.3) is 0 Å². The molecule has 0 saturated heterocycles. The molecule has 0 bridgehead atoms. The molecule has 0 amide bonds. The van der Waals surface area contributed by atoms with Gasteiger partial charge in [-0.2, -0.15) is 10.2 Å². The van der Waals surface area contributed by atoms with Crippen LogP contribution in [-0.2, 0) is 20.0 Å². The van der Waals surface area contributed by atoms with Crippen LogP contribution in [0.1, 0.15) is 13.8 Å². The number of hydrogen-bond acceptors (Lipinski definition) is 8. The summed E-state index contributed by atoms with van der Waals surface area (Å²) in [7, 11) is -1.34. The topological polar surface area (TPSA) is 148 Å². The van der Waals surface area contributed by atoms with Crippen molar-refractivity contribution in [2.75, 3.05) is 38.8 Å². The van der Waals surface area contributed by atoms with Gasteiger partial charge >= 0.3 is 0 Å². The molecule has 0 radical (unpaired) electrons. The highest BCUT2D eigenvalue weighted by molar-refractivity contribution is 7.89. The van der Waals surface area contributed by atoms with Gasteiger partial charge in [0.1, 0.15) is 0 Å². The van der Waals surface area contributed by atoms with E-state index in [-0.39, 0.29) is 20.0 Å². The van der Waals surface area contributed by atoms with Gasteiger partial charge in [-0.3, -0.25) is 10.9 Å². The zero-order valence-corrected chi connectivity index (χ0v) is 24.9. The molecule has 0 saturated carbocycles. The average molecular weight is 599 g/mol. The van der Waals surface area contributed by atoms with E-state index in [1.54, 1.807) is 38.1 Å². The monoisotopic (exact) mass is 598 g/mol. The lowest BCUT2D eigenvalue weighted by atomic mass is 10.3. The molecule has 2 aromatic rings. The minimum atomic E-state index is -3.58. The van der Waals surface area contributed by atoms with E-state index >= 15 is 0 Å². The molecule has 206 valence electrons. The molecule has 12 nitrogen and oxygen atoms in total. The molecule has 2 aromatic carbocycles. The number of nitrogens with zero attached hydrogens (tertiary/aromatic N) is 4. The van der Waals surface area contributed by atoms with Crippen molar-refractivity contribution in [1.29, 1.82) is 0 Å². The van der Waals surface area contributed by atoms with Gasteiger partial charge in [-0.15, -0.1) is 0 Å². The van der Waals surface area contributed by atoms with Crippen molar-refractivity contribution >= 4 is 77.5 Å². The minimum Gasteiger partial charge on any atom is -0.331 e. The molecule has 0 heterocycles. The summed E-state index contributed by atoms with van der Waals surface area (Å²) in [6.07, 6.45) is 0. The van der Waals surface area contributed by atoms with Crippen LogP contribution in [0.2, 0.25) is 0 Å². The highest BCUT2D eigenvalue weighted by Gasteiger charge is 2.18. The standard InChI is InChI=1S/C22H30N8O4S4/c1-15(25-27-21(35)23-17-9-7-11-19(13-17)37(31,32)29(3)4)16(2)26-28-22(36)24-18-10-8-12-20(14-18)38(33,34)30(5)6/h7-14H,1-6H3,(H2,23,27,35)(H2,24,28,36)/b25-15-,26-16-. The third kappa shape index (κ3) is 8.50. The van der Waals surface area contributed by atoms with Crippen LogP contribution in [0.3, 0.4) is 0 Å². The Bertz CT molecular complexity index is 1360. The lowest BCUT2D eigenvalue weighted by Crippen LogP contribution is -2.28. The van der Waals surface area contributed by atoms with Gasteiger partial charge in [0.25, 0.3) is 0 Å². The van der Waals surface area contributed by atoms with Gasteiger partial charge in [0.15, 0.2) is 10.2 Å². The summed E-state index contributed by atoms with van der Waals surface area (Å²) >= 11 is 10.5. The van der Waals surface area contributed by atoms with E-state index in [0.717, 1.165) is 8.61 Å². The molecule has 0 spiro atoms. The molecule has 2 rings (SSSR count). The summed E-state index contributed by atoms with van der Waals surface area (Å²) in [5.41, 5.74) is 7.30. The number of hydrogen-bond donors (Lipinski definition) is 4. The van der Waals surface area contributed by atoms with Crippen LogP contribution in [0.15, 0.2) is 68.5 Å². The zero-order valence-electron chi connectivity index (χ0n) is 21.7. The first-order valence-corrected chi connectivity index (χ1v) is 14.6. The van der Waals surface area contributed by atoms with Gasteiger partial charge in [-0.1, -0.05) is 12.1 Å². The molecule has 0 aliphatic heterocycles. The molecular formula is C22H30N8O4S4. The molecule has 0 unspecified atom stereocenters. The Hall–Kier alpha value is -3.02. The van der Waals surface area contributed by atoms with Crippen LogP contribution in [-0.4, -0.2) is 75.3 Å². The van der Waals surface area contributed by atoms with Gasteiger partial charge in [-0.05, 0) is 74.7 Å². The van der Waals surface area contributed by atoms with Crippen LogP contribution < -0.4 is 21.5 Å². The van der Waals surface area contributed by atoms with Crippen molar-refractivity contribution in [3.8, 4) is 0 Å². The average Bonchev–Trinajstić information content (AvgIpc) is 2.85. The summed E-state index contributed by atoms with van der Waals surface area (Å²) in [6.45, 7) is 3.40. The molecule has 0 aromatic heterocycles. The van der Waals surface area contributed by atoms with Crippen molar-refractivity contribution in [2.24, 2.45) is 10.2 Å². The number of thiocarbonyl (C=S) groups is 2. The van der Waals surface area contributed by atoms with Crippen molar-refractivity contribution in [3.63, 3.8) is 0 Å². The summed E-state index contributed by atoms with van der Waals surface area (Å²) in [5, 5.41) is 14.4. The summed E-state index contributed by atoms with van der Waals surface area (Å²) in [6, 6.07) is 12.5. The maximum absolute atomic E-state index is 12.3. The fourth-order valence-electron chi connectivity index (χ4n) is 2.64. The Morgan fingerprint density at radius 3 is 1.34 bits per heavy atom. The molecule has 16 heteroatoms. The molecule has 4 N–H and O–H groups in total. The van der Waals surface area contributed by atoms with Gasteiger partial charge in [0, 0.05) is 39.6 Å². The number of nitrogens with one attached hydrogen (secondary N) is 4. The van der Waals surface area contributed by atoms with E-state index in [1.165, 1.54) is 52.5 Å². The predicted octanol–water partition coefficient (Wildman–Crippen LogP) is 2.21. The number of anilines is 2. The molecule has 0 aliphatic carbocycles. The van der Waals surface area contributed by atoms with Gasteiger partial charge < -0.3 is 10.6 Å². The van der Waals surface area contributed by atoms with Crippen LogP contribution in [0, 0.1) is 0 Å². The van der Waals surface area contributed by atoms with E-state index in [0.29, 0.717) is 22.8 Å². The molecule has 0 fully saturated rings. The SMILES string of the molecule is CC(=N/NC(=S)Nc1cccc(S(=O)(=O)N(C)C)c1)/C(C)=N\NC(=S)Nc1cccc(S(=O)(=O)N(C)C)c1. The molecule has 0 atom stereocenters. The molecule has 38 heavy (non-hydrogen) atoms. The van der Waals surface area contributed by atoms with Crippen LogP contribution >= 0.6 is 24.4 Å². The molecular weight excluding hydrogens is 569 g/mol. The fraction of sp³-hybridized carbons (Fsp3) is 0.273. The Balaban J connectivity index is 1.97. The third-order valence-electron chi connectivity index (χ3n) is 4.91. The summed E-state index contributed by atoms with van der Waals surface area (Å²) < 4.78 is 51.5. The highest BCUT2D eigenvalue weighted by atomic mass is 32.2. The highest BCUT2D eigenvalue weighted by Crippen LogP contribution is 2.19. The van der Waals surface area contributed by atoms with Crippen molar-refractivity contribution in [1.82, 2.24) is 19.5 Å². The Kier molecular flexibility index (Phi) is 10.8. The van der Waals surface area contributed by atoms with Crippen LogP contribution in [0.4, 0.5) is 11.4 Å². The predicted molar refractivity (Wildman–Crippen MR) is 160 cm³/mol. The van der Waals surface area contributed by atoms with E-state index in [4.69, 9.17) is 24.4 Å². The number of hydrazone groups is 2. The van der Waals surface area contributed by atoms with Gasteiger partial charge in [0.05, 0.1) is 21.2 Å². The first-order valence-electron chi connectivity index (χ1n) is 10.9. The lowest BCUT2D eigenvalue weighted by molar-refractivity contribution is 0.520. The van der Waals surface area contributed by atoms with E-state index < -0.39 is 20.0 Å². The first-order chi connectivity index (χ1) is 17.6. The Labute approximate surface area is 234 Å². The van der Waals surface area contributed by atoms with Crippen molar-refractivity contribution in [3.05, 3.63) is 48.5 Å². The van der Waals surface area contributed by atoms with Crippen LogP contribution in [0.5, 0.6) is 0 Å². The molecule has 0 aliphatic rings. The largest absolute Gasteiger partial charge is 0.331 e. The number of benzene rings is 2. The normalized spacial score (nSPS) is 12.8. The number of sulfonamides is 2. The second-order valence-corrected chi connectivity index (χ2v) is 13.3. The summed E-state index contributed by atoms with van der Waals surface area (Å²) in [4.78, 5) is 0.249. The quantitative estimate of drug-likeness (QED) is 0.192. The van der Waals surface area contributed by atoms with Crippen molar-refractivity contribution in [2.45, 2.75) is 23.6 Å². The van der Waals surface area contributed by atoms with Gasteiger partial charge in [0.2, 0.25) is 20.0 Å². The summed E-state index contributed by atoms with van der Waals surface area (Å²) in [5.74, 6) is 0.